The number of anilines is 1. The summed E-state index contributed by atoms with van der Waals surface area (Å²) < 4.78 is 5.56. The van der Waals surface area contributed by atoms with Crippen LogP contribution in [0.1, 0.15) is 0 Å². The Morgan fingerprint density at radius 1 is 1.22 bits per heavy atom. The van der Waals surface area contributed by atoms with E-state index < -0.39 is 0 Å². The number of hydrogen-bond acceptors (Lipinski definition) is 4. The Labute approximate surface area is 105 Å². The molecule has 1 heterocycles. The smallest absolute Gasteiger partial charge is 0.238 e. The van der Waals surface area contributed by atoms with Gasteiger partial charge in [-0.25, -0.2) is 0 Å². The van der Waals surface area contributed by atoms with Crippen molar-refractivity contribution in [3.8, 4) is 11.5 Å². The SMILES string of the molecule is NCC(=O)Nc1ccc(Oc2cccnc2)cc1. The largest absolute Gasteiger partial charge is 0.456 e. The van der Waals surface area contributed by atoms with Crippen molar-refractivity contribution >= 4 is 11.6 Å². The summed E-state index contributed by atoms with van der Waals surface area (Å²) in [6.07, 6.45) is 3.31. The number of carbonyl (C=O) groups excluding carboxylic acids is 1. The van der Waals surface area contributed by atoms with Gasteiger partial charge in [0.05, 0.1) is 12.7 Å². The Hall–Kier alpha value is -2.40. The van der Waals surface area contributed by atoms with Crippen LogP contribution in [-0.4, -0.2) is 17.4 Å². The van der Waals surface area contributed by atoms with E-state index >= 15 is 0 Å². The number of aromatic nitrogens is 1. The zero-order valence-electron chi connectivity index (χ0n) is 9.67. The van der Waals surface area contributed by atoms with E-state index in [9.17, 15) is 4.79 Å². The van der Waals surface area contributed by atoms with Crippen LogP contribution < -0.4 is 15.8 Å². The summed E-state index contributed by atoms with van der Waals surface area (Å²) in [5.41, 5.74) is 5.89. The molecule has 0 radical (unpaired) electrons. The fraction of sp³-hybridized carbons (Fsp3) is 0.0769. The average molecular weight is 243 g/mol. The highest BCUT2D eigenvalue weighted by Crippen LogP contribution is 2.21. The minimum Gasteiger partial charge on any atom is -0.456 e. The highest BCUT2D eigenvalue weighted by atomic mass is 16.5. The second kappa shape index (κ2) is 5.79. The summed E-state index contributed by atoms with van der Waals surface area (Å²) in [5, 5.41) is 2.65. The zero-order chi connectivity index (χ0) is 12.8. The minimum absolute atomic E-state index is 0.0338. The molecule has 1 amide bonds. The molecule has 0 spiro atoms. The molecule has 92 valence electrons. The molecule has 0 aliphatic heterocycles. The molecule has 5 nitrogen and oxygen atoms in total. The number of nitrogens with zero attached hydrogens (tertiary/aromatic N) is 1. The molecule has 2 rings (SSSR count). The quantitative estimate of drug-likeness (QED) is 0.858. The zero-order valence-corrected chi connectivity index (χ0v) is 9.67. The lowest BCUT2D eigenvalue weighted by molar-refractivity contribution is -0.114. The van der Waals surface area contributed by atoms with Crippen molar-refractivity contribution in [3.05, 3.63) is 48.8 Å². The third-order valence-corrected chi connectivity index (χ3v) is 2.19. The van der Waals surface area contributed by atoms with E-state index in [1.54, 1.807) is 42.7 Å². The number of pyridine rings is 1. The lowest BCUT2D eigenvalue weighted by atomic mass is 10.3. The molecule has 1 aromatic heterocycles. The lowest BCUT2D eigenvalue weighted by Crippen LogP contribution is -2.21. The van der Waals surface area contributed by atoms with Crippen molar-refractivity contribution in [2.24, 2.45) is 5.73 Å². The van der Waals surface area contributed by atoms with Gasteiger partial charge in [0, 0.05) is 11.9 Å². The fourth-order valence-electron chi connectivity index (χ4n) is 1.36. The number of nitrogens with one attached hydrogen (secondary N) is 1. The highest BCUT2D eigenvalue weighted by Gasteiger charge is 2.00. The maximum atomic E-state index is 11.1. The van der Waals surface area contributed by atoms with E-state index in [4.69, 9.17) is 10.5 Å². The molecule has 0 bridgehead atoms. The summed E-state index contributed by atoms with van der Waals surface area (Å²) in [6.45, 7) is -0.0338. The number of nitrogens with two attached hydrogens (primary N) is 1. The second-order valence-electron chi connectivity index (χ2n) is 3.57. The van der Waals surface area contributed by atoms with Gasteiger partial charge < -0.3 is 15.8 Å². The summed E-state index contributed by atoms with van der Waals surface area (Å²) in [6, 6.07) is 10.6. The monoisotopic (exact) mass is 243 g/mol. The van der Waals surface area contributed by atoms with Crippen molar-refractivity contribution in [1.82, 2.24) is 4.98 Å². The maximum absolute atomic E-state index is 11.1. The molecule has 2 aromatic rings. The number of hydrogen-bond donors (Lipinski definition) is 2. The van der Waals surface area contributed by atoms with Crippen LogP contribution in [0.2, 0.25) is 0 Å². The summed E-state index contributed by atoms with van der Waals surface area (Å²) in [7, 11) is 0. The van der Waals surface area contributed by atoms with Gasteiger partial charge in [-0.05, 0) is 36.4 Å². The van der Waals surface area contributed by atoms with Gasteiger partial charge >= 0.3 is 0 Å². The second-order valence-corrected chi connectivity index (χ2v) is 3.57. The van der Waals surface area contributed by atoms with E-state index in [1.165, 1.54) is 0 Å². The van der Waals surface area contributed by atoms with Gasteiger partial charge in [-0.2, -0.15) is 0 Å². The predicted molar refractivity (Wildman–Crippen MR) is 68.4 cm³/mol. The summed E-state index contributed by atoms with van der Waals surface area (Å²) in [5.74, 6) is 1.11. The van der Waals surface area contributed by atoms with Crippen LogP contribution in [0.5, 0.6) is 11.5 Å². The Morgan fingerprint density at radius 3 is 2.61 bits per heavy atom. The first-order valence-electron chi connectivity index (χ1n) is 5.46. The van der Waals surface area contributed by atoms with Crippen LogP contribution in [0.3, 0.4) is 0 Å². The number of benzene rings is 1. The Morgan fingerprint density at radius 2 is 2.00 bits per heavy atom. The maximum Gasteiger partial charge on any atom is 0.238 e. The van der Waals surface area contributed by atoms with Crippen molar-refractivity contribution in [3.63, 3.8) is 0 Å². The third-order valence-electron chi connectivity index (χ3n) is 2.19. The van der Waals surface area contributed by atoms with Gasteiger partial charge in [-0.15, -0.1) is 0 Å². The third kappa shape index (κ3) is 3.29. The highest BCUT2D eigenvalue weighted by molar-refractivity contribution is 5.92. The predicted octanol–water partition coefficient (Wildman–Crippen LogP) is 1.77. The molecule has 0 saturated carbocycles. The molecule has 18 heavy (non-hydrogen) atoms. The van der Waals surface area contributed by atoms with Crippen LogP contribution in [0.15, 0.2) is 48.8 Å². The summed E-state index contributed by atoms with van der Waals surface area (Å²) in [4.78, 5) is 15.0. The van der Waals surface area contributed by atoms with E-state index in [0.29, 0.717) is 17.2 Å². The summed E-state index contributed by atoms with van der Waals surface area (Å²) >= 11 is 0. The first-order valence-corrected chi connectivity index (χ1v) is 5.46. The molecular formula is C13H13N3O2. The van der Waals surface area contributed by atoms with Gasteiger partial charge in [0.15, 0.2) is 0 Å². The Kier molecular flexibility index (Phi) is 3.88. The molecule has 0 atom stereocenters. The average Bonchev–Trinajstić information content (AvgIpc) is 2.42. The van der Waals surface area contributed by atoms with Crippen molar-refractivity contribution < 1.29 is 9.53 Å². The lowest BCUT2D eigenvalue weighted by Gasteiger charge is -2.07. The first kappa shape index (κ1) is 12.1. The molecule has 1 aromatic carbocycles. The van der Waals surface area contributed by atoms with Crippen molar-refractivity contribution in [2.75, 3.05) is 11.9 Å². The molecule has 5 heteroatoms. The van der Waals surface area contributed by atoms with Crippen LogP contribution in [0.4, 0.5) is 5.69 Å². The number of rotatable bonds is 4. The Balaban J connectivity index is 2.02. The molecule has 0 unspecified atom stereocenters. The normalized spacial score (nSPS) is 9.83. The first-order chi connectivity index (χ1) is 8.78. The number of ether oxygens (including phenoxy) is 1. The van der Waals surface area contributed by atoms with E-state index in [-0.39, 0.29) is 12.5 Å². The molecule has 0 aliphatic carbocycles. The van der Waals surface area contributed by atoms with Crippen molar-refractivity contribution in [2.45, 2.75) is 0 Å². The molecule has 0 saturated heterocycles. The van der Waals surface area contributed by atoms with Crippen molar-refractivity contribution in [1.29, 1.82) is 0 Å². The van der Waals surface area contributed by atoms with Gasteiger partial charge in [0.25, 0.3) is 0 Å². The molecular weight excluding hydrogens is 230 g/mol. The van der Waals surface area contributed by atoms with Gasteiger partial charge in [-0.3, -0.25) is 9.78 Å². The van der Waals surface area contributed by atoms with Gasteiger partial charge in [-0.1, -0.05) is 0 Å². The van der Waals surface area contributed by atoms with Crippen LogP contribution >= 0.6 is 0 Å². The standard InChI is InChI=1S/C13H13N3O2/c14-8-13(17)16-10-3-5-11(6-4-10)18-12-2-1-7-15-9-12/h1-7,9H,8,14H2,(H,16,17). The van der Waals surface area contributed by atoms with E-state index in [1.807, 2.05) is 6.07 Å². The topological polar surface area (TPSA) is 77.2 Å². The van der Waals surface area contributed by atoms with Crippen LogP contribution in [-0.2, 0) is 4.79 Å². The fourth-order valence-corrected chi connectivity index (χ4v) is 1.36. The van der Waals surface area contributed by atoms with Gasteiger partial charge in [0.1, 0.15) is 11.5 Å². The van der Waals surface area contributed by atoms with Gasteiger partial charge in [0.2, 0.25) is 5.91 Å². The van der Waals surface area contributed by atoms with Crippen LogP contribution in [0.25, 0.3) is 0 Å². The van der Waals surface area contributed by atoms with E-state index in [0.717, 1.165) is 0 Å². The number of amides is 1. The molecule has 0 aliphatic rings. The molecule has 0 fully saturated rings. The minimum atomic E-state index is -0.226. The Bertz CT molecular complexity index is 512. The van der Waals surface area contributed by atoms with Crippen LogP contribution in [0, 0.1) is 0 Å². The van der Waals surface area contributed by atoms with E-state index in [2.05, 4.69) is 10.3 Å². The molecule has 3 N–H and O–H groups in total. The number of carbonyl (C=O) groups is 1.